The minimum Gasteiger partial charge on any atom is -0.383 e. The second-order valence-corrected chi connectivity index (χ2v) is 5.55. The Morgan fingerprint density at radius 3 is 2.58 bits per heavy atom. The van der Waals surface area contributed by atoms with Crippen molar-refractivity contribution in [3.63, 3.8) is 0 Å². The summed E-state index contributed by atoms with van der Waals surface area (Å²) in [5.74, 6) is 1.06. The second kappa shape index (κ2) is 10.2. The Morgan fingerprint density at radius 1 is 1.21 bits per heavy atom. The highest BCUT2D eigenvalue weighted by Gasteiger charge is 2.19. The average molecular weight is 270 g/mol. The topological polar surface area (TPSA) is 50.4 Å². The highest BCUT2D eigenvalue weighted by Crippen LogP contribution is 2.27. The van der Waals surface area contributed by atoms with Crippen molar-refractivity contribution in [2.24, 2.45) is 5.92 Å². The fourth-order valence-electron chi connectivity index (χ4n) is 2.83. The number of nitrogens with one attached hydrogen (secondary N) is 2. The van der Waals surface area contributed by atoms with Gasteiger partial charge in [0, 0.05) is 32.7 Å². The van der Waals surface area contributed by atoms with E-state index in [9.17, 15) is 4.79 Å². The number of hydrogen-bond acceptors (Lipinski definition) is 3. The van der Waals surface area contributed by atoms with Gasteiger partial charge in [0.1, 0.15) is 0 Å². The summed E-state index contributed by atoms with van der Waals surface area (Å²) in [6, 6.07) is 0.625. The number of carbonyl (C=O) groups is 1. The highest BCUT2D eigenvalue weighted by molar-refractivity contribution is 5.76. The summed E-state index contributed by atoms with van der Waals surface area (Å²) < 4.78 is 4.89. The maximum Gasteiger partial charge on any atom is 0.221 e. The van der Waals surface area contributed by atoms with E-state index in [4.69, 9.17) is 4.74 Å². The number of carbonyl (C=O) groups excluding carboxylic acids is 1. The van der Waals surface area contributed by atoms with Gasteiger partial charge in [0.2, 0.25) is 5.91 Å². The van der Waals surface area contributed by atoms with Crippen LogP contribution in [-0.2, 0) is 9.53 Å². The maximum absolute atomic E-state index is 11.5. The summed E-state index contributed by atoms with van der Waals surface area (Å²) >= 11 is 0. The molecule has 0 heterocycles. The number of rotatable bonds is 9. The lowest BCUT2D eigenvalue weighted by atomic mass is 9.83. The van der Waals surface area contributed by atoms with E-state index < -0.39 is 0 Å². The first-order valence-corrected chi connectivity index (χ1v) is 7.75. The van der Waals surface area contributed by atoms with Crippen LogP contribution in [0.3, 0.4) is 0 Å². The van der Waals surface area contributed by atoms with E-state index in [0.29, 0.717) is 25.6 Å². The highest BCUT2D eigenvalue weighted by atomic mass is 16.5. The lowest BCUT2D eigenvalue weighted by molar-refractivity contribution is -0.121. The molecule has 1 amide bonds. The number of ether oxygens (including phenoxy) is 1. The Kier molecular flexibility index (Phi) is 8.84. The molecule has 0 aliphatic heterocycles. The molecule has 0 bridgehead atoms. The molecule has 0 saturated heterocycles. The minimum atomic E-state index is 0.115. The van der Waals surface area contributed by atoms with E-state index in [1.165, 1.54) is 38.5 Å². The molecule has 19 heavy (non-hydrogen) atoms. The lowest BCUT2D eigenvalue weighted by Crippen LogP contribution is -2.36. The van der Waals surface area contributed by atoms with Crippen molar-refractivity contribution in [3.8, 4) is 0 Å². The average Bonchev–Trinajstić information content (AvgIpc) is 2.41. The SMILES string of the molecule is CCCC1CCC(NCCC(=O)NCCOC)CC1. The van der Waals surface area contributed by atoms with Gasteiger partial charge in [-0.05, 0) is 31.6 Å². The minimum absolute atomic E-state index is 0.115. The molecule has 0 unspecified atom stereocenters. The second-order valence-electron chi connectivity index (χ2n) is 5.55. The maximum atomic E-state index is 11.5. The smallest absolute Gasteiger partial charge is 0.221 e. The van der Waals surface area contributed by atoms with Gasteiger partial charge in [-0.2, -0.15) is 0 Å². The summed E-state index contributed by atoms with van der Waals surface area (Å²) in [5, 5.41) is 6.35. The molecule has 1 fully saturated rings. The predicted molar refractivity (Wildman–Crippen MR) is 78.2 cm³/mol. The van der Waals surface area contributed by atoms with Crippen LogP contribution in [0.15, 0.2) is 0 Å². The zero-order valence-electron chi connectivity index (χ0n) is 12.5. The summed E-state index contributed by atoms with van der Waals surface area (Å²) in [6.07, 6.45) is 8.51. The summed E-state index contributed by atoms with van der Waals surface area (Å²) in [7, 11) is 1.64. The molecule has 0 aromatic carbocycles. The monoisotopic (exact) mass is 270 g/mol. The van der Waals surface area contributed by atoms with E-state index in [1.807, 2.05) is 0 Å². The molecule has 0 atom stereocenters. The van der Waals surface area contributed by atoms with Gasteiger partial charge in [0.15, 0.2) is 0 Å². The molecule has 2 N–H and O–H groups in total. The van der Waals surface area contributed by atoms with E-state index in [0.717, 1.165) is 12.5 Å². The van der Waals surface area contributed by atoms with Crippen LogP contribution in [0.5, 0.6) is 0 Å². The van der Waals surface area contributed by atoms with Crippen molar-refractivity contribution in [2.75, 3.05) is 26.8 Å². The first-order valence-electron chi connectivity index (χ1n) is 7.75. The third-order valence-electron chi connectivity index (χ3n) is 3.96. The zero-order chi connectivity index (χ0) is 13.9. The van der Waals surface area contributed by atoms with Crippen LogP contribution in [0.25, 0.3) is 0 Å². The molecule has 1 saturated carbocycles. The van der Waals surface area contributed by atoms with Gasteiger partial charge in [0.25, 0.3) is 0 Å². The largest absolute Gasteiger partial charge is 0.383 e. The van der Waals surface area contributed by atoms with Crippen LogP contribution in [0.4, 0.5) is 0 Å². The quantitative estimate of drug-likeness (QED) is 0.631. The normalized spacial score (nSPS) is 23.3. The molecule has 0 spiro atoms. The van der Waals surface area contributed by atoms with Crippen LogP contribution >= 0.6 is 0 Å². The van der Waals surface area contributed by atoms with E-state index in [1.54, 1.807) is 7.11 Å². The molecular formula is C15H30N2O2. The van der Waals surface area contributed by atoms with Crippen LogP contribution in [0.2, 0.25) is 0 Å². The van der Waals surface area contributed by atoms with Crippen LogP contribution < -0.4 is 10.6 Å². The third kappa shape index (κ3) is 7.53. The van der Waals surface area contributed by atoms with Crippen LogP contribution in [0, 0.1) is 5.92 Å². The Labute approximate surface area is 117 Å². The molecule has 112 valence electrons. The number of hydrogen-bond donors (Lipinski definition) is 2. The molecule has 1 rings (SSSR count). The molecule has 4 heteroatoms. The van der Waals surface area contributed by atoms with Crippen molar-refractivity contribution in [3.05, 3.63) is 0 Å². The molecular weight excluding hydrogens is 240 g/mol. The molecule has 0 aromatic rings. The van der Waals surface area contributed by atoms with Crippen LogP contribution in [-0.4, -0.2) is 38.8 Å². The summed E-state index contributed by atoms with van der Waals surface area (Å²) in [5.41, 5.74) is 0. The Bertz CT molecular complexity index is 238. The molecule has 1 aliphatic rings. The fraction of sp³-hybridized carbons (Fsp3) is 0.933. The van der Waals surface area contributed by atoms with Gasteiger partial charge in [-0.15, -0.1) is 0 Å². The Hall–Kier alpha value is -0.610. The first-order chi connectivity index (χ1) is 9.26. The third-order valence-corrected chi connectivity index (χ3v) is 3.96. The fourth-order valence-corrected chi connectivity index (χ4v) is 2.83. The molecule has 0 radical (unpaired) electrons. The van der Waals surface area contributed by atoms with Crippen molar-refractivity contribution in [2.45, 2.75) is 57.9 Å². The van der Waals surface area contributed by atoms with Gasteiger partial charge in [-0.25, -0.2) is 0 Å². The van der Waals surface area contributed by atoms with Gasteiger partial charge < -0.3 is 15.4 Å². The number of amides is 1. The Balaban J connectivity index is 2.00. The van der Waals surface area contributed by atoms with Gasteiger partial charge in [0.05, 0.1) is 6.61 Å². The predicted octanol–water partition coefficient (Wildman–Crippen LogP) is 2.09. The summed E-state index contributed by atoms with van der Waals surface area (Å²) in [6.45, 7) is 4.26. The van der Waals surface area contributed by atoms with Crippen molar-refractivity contribution >= 4 is 5.91 Å². The van der Waals surface area contributed by atoms with Crippen molar-refractivity contribution < 1.29 is 9.53 Å². The van der Waals surface area contributed by atoms with Gasteiger partial charge >= 0.3 is 0 Å². The van der Waals surface area contributed by atoms with E-state index in [2.05, 4.69) is 17.6 Å². The lowest BCUT2D eigenvalue weighted by Gasteiger charge is -2.29. The number of methoxy groups -OCH3 is 1. The Morgan fingerprint density at radius 2 is 1.95 bits per heavy atom. The molecule has 4 nitrogen and oxygen atoms in total. The zero-order valence-corrected chi connectivity index (χ0v) is 12.5. The first kappa shape index (κ1) is 16.4. The molecule has 0 aromatic heterocycles. The van der Waals surface area contributed by atoms with Crippen molar-refractivity contribution in [1.82, 2.24) is 10.6 Å². The van der Waals surface area contributed by atoms with E-state index in [-0.39, 0.29) is 5.91 Å². The van der Waals surface area contributed by atoms with Crippen molar-refractivity contribution in [1.29, 1.82) is 0 Å². The summed E-state index contributed by atoms with van der Waals surface area (Å²) in [4.78, 5) is 11.5. The van der Waals surface area contributed by atoms with Gasteiger partial charge in [-0.1, -0.05) is 19.8 Å². The van der Waals surface area contributed by atoms with E-state index >= 15 is 0 Å². The van der Waals surface area contributed by atoms with Gasteiger partial charge in [-0.3, -0.25) is 4.79 Å². The standard InChI is InChI=1S/C15H30N2O2/c1-3-4-13-5-7-14(8-6-13)16-10-9-15(18)17-11-12-19-2/h13-14,16H,3-12H2,1-2H3,(H,17,18). The molecule has 1 aliphatic carbocycles. The van der Waals surface area contributed by atoms with Crippen LogP contribution in [0.1, 0.15) is 51.9 Å².